The highest BCUT2D eigenvalue weighted by Gasteiger charge is 2.51. The van der Waals surface area contributed by atoms with Gasteiger partial charge in [-0.05, 0) is 178 Å². The molecule has 79 heavy (non-hydrogen) atoms. The normalized spacial score (nSPS) is 16.5. The lowest BCUT2D eigenvalue weighted by Gasteiger charge is -2.49. The number of hydrogen-bond donors (Lipinski definition) is 0. The van der Waals surface area contributed by atoms with Gasteiger partial charge < -0.3 is 24.3 Å². The first kappa shape index (κ1) is 46.2. The fourth-order valence-electron chi connectivity index (χ4n) is 13.9. The van der Waals surface area contributed by atoms with E-state index in [1.165, 1.54) is 49.8 Å². The monoisotopic (exact) mass is 1050 g/mol. The van der Waals surface area contributed by atoms with Crippen LogP contribution in [0, 0.1) is 0 Å². The SMILES string of the molecule is CC1(C)c2ccc(N(c3ccccc3)c3ccccc3)cc2-c2cc(N3c4cccc5c4P4(=S)c6c(cccc6N(c6ccc7c(c6)-c6ccc(N(c8ccccc8)c8ccccc8)cc6C7(C)C)c6cccc3c64)O5)ccc21. The summed E-state index contributed by atoms with van der Waals surface area (Å²) in [5.41, 5.74) is 23.1. The van der Waals surface area contributed by atoms with Crippen LogP contribution in [0.1, 0.15) is 49.9 Å². The quantitative estimate of drug-likeness (QED) is 0.141. The average Bonchev–Trinajstić information content (AvgIpc) is 2.26. The van der Waals surface area contributed by atoms with E-state index in [1.54, 1.807) is 0 Å². The van der Waals surface area contributed by atoms with E-state index in [0.29, 0.717) is 0 Å². The fourth-order valence-corrected chi connectivity index (χ4v) is 19.1. The van der Waals surface area contributed by atoms with Gasteiger partial charge >= 0.3 is 0 Å². The minimum Gasteiger partial charge on any atom is -0.456 e. The number of fused-ring (bicyclic) bond motifs is 6. The van der Waals surface area contributed by atoms with Gasteiger partial charge in [0.05, 0.1) is 39.4 Å². The van der Waals surface area contributed by atoms with Crippen LogP contribution < -0.4 is 40.3 Å². The van der Waals surface area contributed by atoms with Crippen LogP contribution in [0.15, 0.2) is 249 Å². The Kier molecular flexibility index (Phi) is 9.82. The topological polar surface area (TPSA) is 22.2 Å². The molecule has 0 radical (unpaired) electrons. The molecular formula is C72H53N4OPS. The van der Waals surface area contributed by atoms with Crippen molar-refractivity contribution in [2.75, 3.05) is 19.6 Å². The van der Waals surface area contributed by atoms with Crippen LogP contribution in [0.3, 0.4) is 0 Å². The molecule has 0 spiro atoms. The van der Waals surface area contributed by atoms with Crippen LogP contribution in [0.4, 0.5) is 68.2 Å². The molecule has 3 heterocycles. The molecule has 16 rings (SSSR count). The zero-order valence-corrected chi connectivity index (χ0v) is 45.9. The van der Waals surface area contributed by atoms with Gasteiger partial charge in [0.1, 0.15) is 11.5 Å². The van der Waals surface area contributed by atoms with E-state index in [4.69, 9.17) is 16.5 Å². The number of nitrogens with zero attached hydrogens (tertiary/aromatic N) is 4. The standard InChI is InChI=1S/C72H53N4OPS/c1-71(2)59-39-35-50(73(46-20-9-5-10-21-46)47-22-11-6-12-23-47)42-56(59)57-44-52(37-41-60(57)71)76-63-29-17-28-62-68(63)78(79)69-64(30-18-32-66(69)77-67-33-19-31-65(76)70(67)78)75(62)51-36-40-58-55(43-51)54-38-34-53(45-61(54)72(58,3)4)74(48-24-13-7-14-25-48)49-26-15-8-16-27-49/h5-45H,1-4H3. The first-order valence-corrected chi connectivity index (χ1v) is 30.1. The van der Waals surface area contributed by atoms with Gasteiger partial charge in [-0.1, -0.05) is 155 Å². The molecule has 0 fully saturated rings. The Morgan fingerprint density at radius 3 is 1.16 bits per heavy atom. The maximum atomic E-state index is 7.41. The molecule has 1 unspecified atom stereocenters. The van der Waals surface area contributed by atoms with Gasteiger partial charge in [0.25, 0.3) is 0 Å². The summed E-state index contributed by atoms with van der Waals surface area (Å²) < 4.78 is 7.08. The highest BCUT2D eigenvalue weighted by Crippen LogP contribution is 2.67. The minimum atomic E-state index is -2.71. The smallest absolute Gasteiger partial charge is 0.138 e. The van der Waals surface area contributed by atoms with Crippen LogP contribution in [0.2, 0.25) is 0 Å². The van der Waals surface area contributed by atoms with Crippen molar-refractivity contribution in [2.24, 2.45) is 0 Å². The van der Waals surface area contributed by atoms with E-state index in [-0.39, 0.29) is 10.8 Å². The number of benzene rings is 11. The summed E-state index contributed by atoms with van der Waals surface area (Å²) >= 11 is 7.41. The Morgan fingerprint density at radius 2 is 0.696 bits per heavy atom. The second kappa shape index (κ2) is 16.8. The van der Waals surface area contributed by atoms with E-state index in [9.17, 15) is 0 Å². The van der Waals surface area contributed by atoms with Crippen molar-refractivity contribution in [3.63, 3.8) is 0 Å². The highest BCUT2D eigenvalue weighted by atomic mass is 32.4. The molecule has 0 aromatic heterocycles. The molecule has 1 atom stereocenters. The van der Waals surface area contributed by atoms with Crippen molar-refractivity contribution >= 4 is 102 Å². The van der Waals surface area contributed by atoms with Gasteiger partial charge in [-0.15, -0.1) is 0 Å². The summed E-state index contributed by atoms with van der Waals surface area (Å²) in [6.07, 6.45) is 0. The number of hydrogen-bond acceptors (Lipinski definition) is 6. The van der Waals surface area contributed by atoms with E-state index in [1.807, 2.05) is 0 Å². The Bertz CT molecular complexity index is 4330. The molecule has 0 amide bonds. The number of anilines is 12. The van der Waals surface area contributed by atoms with Crippen molar-refractivity contribution < 1.29 is 4.74 Å². The lowest BCUT2D eigenvalue weighted by Crippen LogP contribution is -2.45. The van der Waals surface area contributed by atoms with Gasteiger partial charge in [0.2, 0.25) is 0 Å². The predicted molar refractivity (Wildman–Crippen MR) is 334 cm³/mol. The van der Waals surface area contributed by atoms with Crippen molar-refractivity contribution in [1.29, 1.82) is 0 Å². The summed E-state index contributed by atoms with van der Waals surface area (Å²) in [7, 11) is 0. The molecule has 5 aliphatic rings. The van der Waals surface area contributed by atoms with Gasteiger partial charge in [0.15, 0.2) is 0 Å². The summed E-state index contributed by atoms with van der Waals surface area (Å²) in [4.78, 5) is 9.67. The molecule has 0 bridgehead atoms. The Morgan fingerprint density at radius 1 is 0.329 bits per heavy atom. The zero-order chi connectivity index (χ0) is 52.9. The Labute approximate surface area is 466 Å². The largest absolute Gasteiger partial charge is 0.456 e. The first-order chi connectivity index (χ1) is 38.6. The van der Waals surface area contributed by atoms with Crippen molar-refractivity contribution in [2.45, 2.75) is 38.5 Å². The number of ether oxygens (including phenoxy) is 1. The van der Waals surface area contributed by atoms with Crippen molar-refractivity contribution in [1.82, 2.24) is 0 Å². The van der Waals surface area contributed by atoms with Gasteiger partial charge in [0, 0.05) is 61.6 Å². The van der Waals surface area contributed by atoms with Gasteiger partial charge in [-0.2, -0.15) is 0 Å². The third-order valence-corrected chi connectivity index (χ3v) is 22.3. The minimum absolute atomic E-state index is 0.208. The molecule has 11 aromatic carbocycles. The van der Waals surface area contributed by atoms with Crippen LogP contribution in [-0.4, -0.2) is 0 Å². The van der Waals surface area contributed by atoms with Gasteiger partial charge in [-0.3, -0.25) is 0 Å². The van der Waals surface area contributed by atoms with Crippen LogP contribution in [-0.2, 0) is 22.6 Å². The highest BCUT2D eigenvalue weighted by molar-refractivity contribution is 8.26. The maximum absolute atomic E-state index is 7.41. The maximum Gasteiger partial charge on any atom is 0.138 e. The van der Waals surface area contributed by atoms with Crippen molar-refractivity contribution in [3.05, 3.63) is 271 Å². The Balaban J connectivity index is 0.854. The molecule has 2 aliphatic carbocycles. The third kappa shape index (κ3) is 6.47. The summed E-state index contributed by atoms with van der Waals surface area (Å²) in [6, 6.07) is 88.3. The average molecular weight is 1050 g/mol. The number of para-hydroxylation sites is 4. The van der Waals surface area contributed by atoms with Gasteiger partial charge in [-0.25, -0.2) is 0 Å². The molecular weight excluding hydrogens is 1000 g/mol. The van der Waals surface area contributed by atoms with Crippen LogP contribution in [0.5, 0.6) is 11.5 Å². The summed E-state index contributed by atoms with van der Waals surface area (Å²) in [5, 5.41) is 3.44. The molecule has 5 nitrogen and oxygen atoms in total. The molecule has 378 valence electrons. The molecule has 11 aromatic rings. The van der Waals surface area contributed by atoms with E-state index < -0.39 is 6.04 Å². The second-order valence-corrected chi connectivity index (χ2v) is 26.7. The van der Waals surface area contributed by atoms with E-state index in [2.05, 4.69) is 296 Å². The molecule has 3 aliphatic heterocycles. The van der Waals surface area contributed by atoms with Crippen LogP contribution >= 0.6 is 6.04 Å². The number of rotatable bonds is 8. The summed E-state index contributed by atoms with van der Waals surface area (Å²) in [5.74, 6) is 1.69. The molecule has 0 N–H and O–H groups in total. The second-order valence-electron chi connectivity index (χ2n) is 22.5. The summed E-state index contributed by atoms with van der Waals surface area (Å²) in [6.45, 7) is 9.47. The molecule has 0 saturated heterocycles. The molecule has 0 saturated carbocycles. The Hall–Kier alpha value is -8.93. The lowest BCUT2D eigenvalue weighted by atomic mass is 9.82. The van der Waals surface area contributed by atoms with E-state index >= 15 is 0 Å². The molecule has 7 heteroatoms. The van der Waals surface area contributed by atoms with Crippen molar-refractivity contribution in [3.8, 4) is 33.8 Å². The lowest BCUT2D eigenvalue weighted by molar-refractivity contribution is 0.488. The van der Waals surface area contributed by atoms with Crippen LogP contribution in [0.25, 0.3) is 22.3 Å². The first-order valence-electron chi connectivity index (χ1n) is 27.3. The predicted octanol–water partition coefficient (Wildman–Crippen LogP) is 18.7. The fraction of sp³-hybridized carbons (Fsp3) is 0.0833. The third-order valence-electron chi connectivity index (χ3n) is 17.5. The van der Waals surface area contributed by atoms with E-state index in [0.717, 1.165) is 90.4 Å². The zero-order valence-electron chi connectivity index (χ0n) is 44.2.